The minimum Gasteiger partial charge on any atom is -0.414 e. The molecule has 10 atom stereocenters. The summed E-state index contributed by atoms with van der Waals surface area (Å²) in [6.45, 7) is 36.1. The average molecular weight is 661 g/mol. The van der Waals surface area contributed by atoms with Gasteiger partial charge in [-0.1, -0.05) is 93.9 Å². The second-order valence-electron chi connectivity index (χ2n) is 19.8. The molecule has 0 heterocycles. The molecule has 0 amide bonds. The monoisotopic (exact) mass is 660 g/mol. The van der Waals surface area contributed by atoms with Crippen molar-refractivity contribution in [2.24, 2.45) is 40.4 Å². The van der Waals surface area contributed by atoms with Gasteiger partial charge in [-0.25, -0.2) is 0 Å². The third kappa shape index (κ3) is 6.82. The molecule has 3 fully saturated rings. The van der Waals surface area contributed by atoms with Crippen LogP contribution in [0.1, 0.15) is 121 Å². The average Bonchev–Trinajstić information content (AvgIpc) is 3.23. The highest BCUT2D eigenvalue weighted by molar-refractivity contribution is 6.74. The number of rotatable bonds is 9. The first-order valence-electron chi connectivity index (χ1n) is 18.5. The zero-order chi connectivity index (χ0) is 34.1. The molecule has 0 unspecified atom stereocenters. The molecule has 0 aliphatic heterocycles. The fourth-order valence-corrected chi connectivity index (χ4v) is 12.2. The van der Waals surface area contributed by atoms with Gasteiger partial charge in [-0.05, 0) is 116 Å². The van der Waals surface area contributed by atoms with Crippen LogP contribution in [0.15, 0.2) is 23.3 Å². The van der Waals surface area contributed by atoms with Crippen LogP contribution in [0.25, 0.3) is 0 Å². The molecule has 0 aromatic rings. The summed E-state index contributed by atoms with van der Waals surface area (Å²) in [5.74, 6) is 2.50. The van der Waals surface area contributed by atoms with Crippen molar-refractivity contribution in [1.82, 2.24) is 0 Å². The Labute approximate surface area is 280 Å². The fraction of sp³-hybridized carbons (Fsp3) is 0.897. The molecule has 0 aromatic heterocycles. The second kappa shape index (κ2) is 12.6. The van der Waals surface area contributed by atoms with Crippen molar-refractivity contribution in [2.45, 2.75) is 182 Å². The summed E-state index contributed by atoms with van der Waals surface area (Å²) in [4.78, 5) is 0. The molecular weight excluding hydrogens is 589 g/mol. The summed E-state index contributed by atoms with van der Waals surface area (Å²) in [6, 6.07) is 0. The molecule has 4 rings (SSSR count). The van der Waals surface area contributed by atoms with Crippen LogP contribution in [0.4, 0.5) is 0 Å². The van der Waals surface area contributed by atoms with Gasteiger partial charge < -0.3 is 19.1 Å². The van der Waals surface area contributed by atoms with E-state index in [1.807, 2.05) is 0 Å². The van der Waals surface area contributed by atoms with Crippen molar-refractivity contribution in [1.29, 1.82) is 0 Å². The highest BCUT2D eigenvalue weighted by Crippen LogP contribution is 2.67. The number of hydrogen-bond donors (Lipinski definition) is 2. The number of fused-ring (bicyclic) bond motifs is 5. The molecule has 0 radical (unpaired) electrons. The highest BCUT2D eigenvalue weighted by atomic mass is 28.4. The van der Waals surface area contributed by atoms with Crippen molar-refractivity contribution >= 4 is 16.6 Å². The minimum absolute atomic E-state index is 0.109. The Balaban J connectivity index is 1.77. The molecule has 45 heavy (non-hydrogen) atoms. The largest absolute Gasteiger partial charge is 0.414 e. The Bertz CT molecular complexity index is 1130. The SMILES string of the molecule is CC(C)CC[C@@H](O[Si](C)(C)C(C)(C)C)[C@@H](C)[C@H]1CC[C@H]2C3=CC=C4[C@@H](O)[C@@H](O)CC[C@]4(C)[C@H]3[C@H](O[Si](C)(C)C(C)(C)C)C[C@]12C. The lowest BCUT2D eigenvalue weighted by Gasteiger charge is -2.60. The molecule has 0 saturated heterocycles. The number of allylic oxidation sites excluding steroid dienone is 2. The summed E-state index contributed by atoms with van der Waals surface area (Å²) in [7, 11) is -4.03. The quantitative estimate of drug-likeness (QED) is 0.242. The van der Waals surface area contributed by atoms with Gasteiger partial charge in [0.15, 0.2) is 16.6 Å². The molecule has 0 bridgehead atoms. The van der Waals surface area contributed by atoms with Crippen LogP contribution in [-0.4, -0.2) is 51.3 Å². The molecule has 3 saturated carbocycles. The zero-order valence-corrected chi connectivity index (χ0v) is 34.0. The van der Waals surface area contributed by atoms with E-state index < -0.39 is 28.8 Å². The van der Waals surface area contributed by atoms with E-state index in [4.69, 9.17) is 8.85 Å². The van der Waals surface area contributed by atoms with Crippen molar-refractivity contribution in [2.75, 3.05) is 0 Å². The van der Waals surface area contributed by atoms with Crippen molar-refractivity contribution in [3.63, 3.8) is 0 Å². The molecule has 6 heteroatoms. The van der Waals surface area contributed by atoms with Crippen LogP contribution in [0.5, 0.6) is 0 Å². The lowest BCUT2D eigenvalue weighted by molar-refractivity contribution is -0.0742. The first kappa shape index (κ1) is 37.6. The topological polar surface area (TPSA) is 58.9 Å². The van der Waals surface area contributed by atoms with Crippen molar-refractivity contribution in [3.8, 4) is 0 Å². The molecule has 4 aliphatic carbocycles. The van der Waals surface area contributed by atoms with Gasteiger partial charge in [0.25, 0.3) is 0 Å². The maximum absolute atomic E-state index is 11.2. The first-order valence-corrected chi connectivity index (χ1v) is 24.3. The fourth-order valence-electron chi connectivity index (χ4n) is 9.46. The van der Waals surface area contributed by atoms with E-state index in [9.17, 15) is 10.2 Å². The van der Waals surface area contributed by atoms with Gasteiger partial charge in [0.2, 0.25) is 0 Å². The summed E-state index contributed by atoms with van der Waals surface area (Å²) >= 11 is 0. The van der Waals surface area contributed by atoms with E-state index in [0.29, 0.717) is 30.1 Å². The summed E-state index contributed by atoms with van der Waals surface area (Å²) in [5, 5.41) is 22.2. The van der Waals surface area contributed by atoms with Crippen molar-refractivity contribution < 1.29 is 19.1 Å². The number of aliphatic hydroxyl groups excluding tert-OH is 2. The number of aliphatic hydroxyl groups is 2. The van der Waals surface area contributed by atoms with Gasteiger partial charge in [-0.2, -0.15) is 0 Å². The van der Waals surface area contributed by atoms with Gasteiger partial charge in [0.1, 0.15) is 6.10 Å². The van der Waals surface area contributed by atoms with Crippen LogP contribution in [0.3, 0.4) is 0 Å². The molecule has 260 valence electrons. The Morgan fingerprint density at radius 2 is 1.47 bits per heavy atom. The van der Waals surface area contributed by atoms with Crippen LogP contribution >= 0.6 is 0 Å². The predicted octanol–water partition coefficient (Wildman–Crippen LogP) is 10.3. The Morgan fingerprint density at radius 3 is 2.02 bits per heavy atom. The van der Waals surface area contributed by atoms with Gasteiger partial charge in [0.05, 0.1) is 12.2 Å². The highest BCUT2D eigenvalue weighted by Gasteiger charge is 2.63. The lowest BCUT2D eigenvalue weighted by Crippen LogP contribution is -2.59. The van der Waals surface area contributed by atoms with Gasteiger partial charge >= 0.3 is 0 Å². The maximum Gasteiger partial charge on any atom is 0.192 e. The van der Waals surface area contributed by atoms with Crippen LogP contribution in [-0.2, 0) is 8.85 Å². The molecule has 0 spiro atoms. The maximum atomic E-state index is 11.2. The Morgan fingerprint density at radius 1 is 0.867 bits per heavy atom. The smallest absolute Gasteiger partial charge is 0.192 e. The van der Waals surface area contributed by atoms with Gasteiger partial charge in [-0.3, -0.25) is 0 Å². The van der Waals surface area contributed by atoms with Crippen LogP contribution in [0, 0.1) is 40.4 Å². The summed E-state index contributed by atoms with van der Waals surface area (Å²) < 4.78 is 14.9. The molecule has 0 aromatic carbocycles. The van der Waals surface area contributed by atoms with E-state index in [-0.39, 0.29) is 39.0 Å². The molecular formula is C39H72O4Si2. The van der Waals surface area contributed by atoms with Gasteiger partial charge in [-0.15, -0.1) is 0 Å². The Kier molecular flexibility index (Phi) is 10.5. The Hall–Kier alpha value is -0.246. The summed E-state index contributed by atoms with van der Waals surface area (Å²) in [5.41, 5.74) is 2.55. The zero-order valence-electron chi connectivity index (χ0n) is 32.0. The van der Waals surface area contributed by atoms with Gasteiger partial charge in [0, 0.05) is 17.4 Å². The van der Waals surface area contributed by atoms with E-state index in [1.165, 1.54) is 19.3 Å². The van der Waals surface area contributed by atoms with Crippen molar-refractivity contribution in [3.05, 3.63) is 23.3 Å². The van der Waals surface area contributed by atoms with Crippen LogP contribution < -0.4 is 0 Å². The van der Waals surface area contributed by atoms with Crippen LogP contribution in [0.2, 0.25) is 36.3 Å². The minimum atomic E-state index is -2.09. The van der Waals surface area contributed by atoms with E-state index in [2.05, 4.69) is 115 Å². The van der Waals surface area contributed by atoms with E-state index >= 15 is 0 Å². The third-order valence-electron chi connectivity index (χ3n) is 14.4. The lowest BCUT2D eigenvalue weighted by atomic mass is 9.48. The molecule has 4 nitrogen and oxygen atoms in total. The normalized spacial score (nSPS) is 37.4. The summed E-state index contributed by atoms with van der Waals surface area (Å²) in [6.07, 6.45) is 11.0. The molecule has 4 aliphatic rings. The third-order valence-corrected chi connectivity index (χ3v) is 23.4. The van der Waals surface area contributed by atoms with E-state index in [1.54, 1.807) is 5.57 Å². The first-order chi connectivity index (χ1) is 20.4. The van der Waals surface area contributed by atoms with E-state index in [0.717, 1.165) is 24.8 Å². The predicted molar refractivity (Wildman–Crippen MR) is 195 cm³/mol. The standard InChI is InChI=1S/C39H72O4Si2/c1-25(2)16-21-32(42-44(12,13)36(4,5)6)26(3)28-19-20-29-27-17-18-30-35(41)31(40)22-23-38(30,10)34(27)33(24-39(28,29)11)43-45(14,15)37(7,8)9/h17-18,25-26,28-29,31-35,40-41H,16,19-24H2,1-15H3/t26-,28+,29-,31-,32+,33+,34+,35+,38-,39+/m0/s1. The second-order valence-corrected chi connectivity index (χ2v) is 29.4. The molecule has 2 N–H and O–H groups in total. The number of hydrogen-bond acceptors (Lipinski definition) is 4.